The molecule has 3 heteroatoms. The number of esters is 1. The summed E-state index contributed by atoms with van der Waals surface area (Å²) in [5.74, 6) is -0.154. The van der Waals surface area contributed by atoms with Crippen LogP contribution in [0.5, 0.6) is 0 Å². The lowest BCUT2D eigenvalue weighted by Crippen LogP contribution is -2.54. The van der Waals surface area contributed by atoms with Crippen molar-refractivity contribution in [3.63, 3.8) is 0 Å². The Morgan fingerprint density at radius 1 is 0.719 bits per heavy atom. The number of aliphatic hydroxyl groups excluding tert-OH is 1. The second-order valence-corrected chi connectivity index (χ2v) is 12.0. The summed E-state index contributed by atoms with van der Waals surface area (Å²) in [5, 5.41) is 11.5. The first-order valence-electron chi connectivity index (χ1n) is 13.8. The number of rotatable bonds is 18. The maximum Gasteiger partial charge on any atom is 0.305 e. The highest BCUT2D eigenvalue weighted by atomic mass is 16.5. The van der Waals surface area contributed by atoms with Gasteiger partial charge in [0.2, 0.25) is 0 Å². The zero-order chi connectivity index (χ0) is 24.7. The topological polar surface area (TPSA) is 46.5 Å². The molecule has 192 valence electrons. The number of carbonyl (C=O) groups excluding carboxylic acids is 1. The summed E-state index contributed by atoms with van der Waals surface area (Å²) in [6.45, 7) is 18.2. The molecule has 0 radical (unpaired) electrons. The normalized spacial score (nSPS) is 13.9. The summed E-state index contributed by atoms with van der Waals surface area (Å²) < 4.78 is 5.25. The minimum Gasteiger partial charge on any atom is -0.466 e. The average Bonchev–Trinajstić information content (AvgIpc) is 2.69. The Labute approximate surface area is 201 Å². The van der Waals surface area contributed by atoms with Gasteiger partial charge < -0.3 is 9.84 Å². The molecule has 3 nitrogen and oxygen atoms in total. The Hall–Kier alpha value is -0.570. The highest BCUT2D eigenvalue weighted by molar-refractivity contribution is 5.68. The molecule has 0 aliphatic rings. The lowest BCUT2D eigenvalue weighted by atomic mass is 9.49. The van der Waals surface area contributed by atoms with Crippen molar-refractivity contribution in [1.82, 2.24) is 0 Å². The molecule has 1 N–H and O–H groups in total. The van der Waals surface area contributed by atoms with Gasteiger partial charge in [-0.25, -0.2) is 0 Å². The van der Waals surface area contributed by atoms with Crippen molar-refractivity contribution in [3.05, 3.63) is 0 Å². The lowest BCUT2D eigenvalue weighted by molar-refractivity contribution is -0.148. The zero-order valence-electron chi connectivity index (χ0n) is 23.2. The standard InChI is InChI=1S/C29H58O3/c1-9-11-12-13-14-15-16-17-18-19-20-23-29(27(3,4)5,28(6,7)8)25(30)22-21-24-32-26(31)10-2/h25,30H,9-24H2,1-8H3. The highest BCUT2D eigenvalue weighted by Crippen LogP contribution is 2.57. The van der Waals surface area contributed by atoms with E-state index < -0.39 is 6.10 Å². The lowest BCUT2D eigenvalue weighted by Gasteiger charge is -2.57. The second-order valence-electron chi connectivity index (χ2n) is 12.0. The smallest absolute Gasteiger partial charge is 0.305 e. The van der Waals surface area contributed by atoms with Crippen LogP contribution in [0.2, 0.25) is 0 Å². The molecular weight excluding hydrogens is 396 g/mol. The molecule has 0 saturated carbocycles. The summed E-state index contributed by atoms with van der Waals surface area (Å²) in [4.78, 5) is 11.4. The van der Waals surface area contributed by atoms with Crippen molar-refractivity contribution in [3.8, 4) is 0 Å². The van der Waals surface area contributed by atoms with E-state index in [2.05, 4.69) is 48.5 Å². The van der Waals surface area contributed by atoms with E-state index in [0.29, 0.717) is 19.4 Å². The molecule has 0 rings (SSSR count). The molecular formula is C29H58O3. The van der Waals surface area contributed by atoms with Crippen LogP contribution in [0.25, 0.3) is 0 Å². The first-order valence-corrected chi connectivity index (χ1v) is 13.8. The SMILES string of the molecule is CCCCCCCCCCCCCC(C(O)CCCOC(=O)CC)(C(C)(C)C)C(C)(C)C. The zero-order valence-corrected chi connectivity index (χ0v) is 23.2. The van der Waals surface area contributed by atoms with Crippen LogP contribution in [0.1, 0.15) is 152 Å². The fraction of sp³-hybridized carbons (Fsp3) is 0.966. The number of aliphatic hydroxyl groups is 1. The molecule has 0 spiro atoms. The Bertz CT molecular complexity index is 456. The maximum absolute atomic E-state index is 11.5. The molecule has 0 fully saturated rings. The van der Waals surface area contributed by atoms with Crippen LogP contribution in [-0.4, -0.2) is 23.8 Å². The molecule has 1 atom stereocenters. The van der Waals surface area contributed by atoms with E-state index in [1.54, 1.807) is 0 Å². The third-order valence-corrected chi connectivity index (χ3v) is 7.59. The van der Waals surface area contributed by atoms with Crippen molar-refractivity contribution in [2.24, 2.45) is 16.2 Å². The number of ether oxygens (including phenoxy) is 1. The molecule has 0 aromatic carbocycles. The van der Waals surface area contributed by atoms with Crippen molar-refractivity contribution in [2.75, 3.05) is 6.61 Å². The van der Waals surface area contributed by atoms with Gasteiger partial charge in [0, 0.05) is 11.8 Å². The molecule has 1 unspecified atom stereocenters. The van der Waals surface area contributed by atoms with Crippen molar-refractivity contribution < 1.29 is 14.6 Å². The van der Waals surface area contributed by atoms with Crippen molar-refractivity contribution in [2.45, 2.75) is 158 Å². The predicted molar refractivity (Wildman–Crippen MR) is 139 cm³/mol. The minimum absolute atomic E-state index is 0.0107. The molecule has 0 amide bonds. The molecule has 0 saturated heterocycles. The number of carbonyl (C=O) groups is 1. The van der Waals surface area contributed by atoms with Crippen LogP contribution in [0, 0.1) is 16.2 Å². The van der Waals surface area contributed by atoms with Crippen LogP contribution in [-0.2, 0) is 9.53 Å². The number of unbranched alkanes of at least 4 members (excludes halogenated alkanes) is 10. The Morgan fingerprint density at radius 3 is 1.56 bits per heavy atom. The van der Waals surface area contributed by atoms with E-state index in [9.17, 15) is 9.90 Å². The van der Waals surface area contributed by atoms with Gasteiger partial charge in [-0.05, 0) is 30.1 Å². The molecule has 0 aromatic heterocycles. The van der Waals surface area contributed by atoms with Gasteiger partial charge in [-0.2, -0.15) is 0 Å². The van der Waals surface area contributed by atoms with E-state index in [0.717, 1.165) is 12.8 Å². The fourth-order valence-electron chi connectivity index (χ4n) is 5.92. The largest absolute Gasteiger partial charge is 0.466 e. The monoisotopic (exact) mass is 454 g/mol. The van der Waals surface area contributed by atoms with E-state index >= 15 is 0 Å². The molecule has 0 aliphatic heterocycles. The van der Waals surface area contributed by atoms with E-state index in [-0.39, 0.29) is 22.2 Å². The van der Waals surface area contributed by atoms with Gasteiger partial charge in [-0.15, -0.1) is 0 Å². The first-order chi connectivity index (χ1) is 14.9. The van der Waals surface area contributed by atoms with Crippen LogP contribution in [0.3, 0.4) is 0 Å². The van der Waals surface area contributed by atoms with Crippen LogP contribution >= 0.6 is 0 Å². The van der Waals surface area contributed by atoms with Gasteiger partial charge in [-0.1, -0.05) is 126 Å². The summed E-state index contributed by atoms with van der Waals surface area (Å²) in [6, 6.07) is 0. The quantitative estimate of drug-likeness (QED) is 0.166. The van der Waals surface area contributed by atoms with Gasteiger partial charge in [-0.3, -0.25) is 4.79 Å². The summed E-state index contributed by atoms with van der Waals surface area (Å²) in [5.41, 5.74) is -0.194. The van der Waals surface area contributed by atoms with Gasteiger partial charge in [0.1, 0.15) is 0 Å². The van der Waals surface area contributed by atoms with Crippen molar-refractivity contribution in [1.29, 1.82) is 0 Å². The van der Waals surface area contributed by atoms with E-state index in [1.165, 1.54) is 70.6 Å². The number of hydrogen-bond acceptors (Lipinski definition) is 3. The molecule has 32 heavy (non-hydrogen) atoms. The molecule has 0 aromatic rings. The van der Waals surface area contributed by atoms with Crippen LogP contribution in [0.15, 0.2) is 0 Å². The predicted octanol–water partition coefficient (Wildman–Crippen LogP) is 8.86. The van der Waals surface area contributed by atoms with E-state index in [4.69, 9.17) is 4.74 Å². The van der Waals surface area contributed by atoms with Gasteiger partial charge in [0.15, 0.2) is 0 Å². The second kappa shape index (κ2) is 16.1. The van der Waals surface area contributed by atoms with Crippen LogP contribution in [0.4, 0.5) is 0 Å². The summed E-state index contributed by atoms with van der Waals surface area (Å²) >= 11 is 0. The minimum atomic E-state index is -0.397. The highest BCUT2D eigenvalue weighted by Gasteiger charge is 2.54. The fourth-order valence-corrected chi connectivity index (χ4v) is 5.92. The summed E-state index contributed by atoms with van der Waals surface area (Å²) in [6.07, 6.45) is 17.2. The number of hydrogen-bond donors (Lipinski definition) is 1. The van der Waals surface area contributed by atoms with Gasteiger partial charge in [0.25, 0.3) is 0 Å². The molecule has 0 aliphatic carbocycles. The Kier molecular flexibility index (Phi) is 15.8. The van der Waals surface area contributed by atoms with Gasteiger partial charge in [0.05, 0.1) is 12.7 Å². The Morgan fingerprint density at radius 2 is 1.16 bits per heavy atom. The first kappa shape index (κ1) is 31.4. The van der Waals surface area contributed by atoms with Crippen LogP contribution < -0.4 is 0 Å². The molecule has 0 heterocycles. The van der Waals surface area contributed by atoms with Crippen molar-refractivity contribution >= 4 is 5.97 Å². The third-order valence-electron chi connectivity index (χ3n) is 7.59. The molecule has 0 bridgehead atoms. The third kappa shape index (κ3) is 11.0. The van der Waals surface area contributed by atoms with E-state index in [1.807, 2.05) is 6.92 Å². The summed E-state index contributed by atoms with van der Waals surface area (Å²) in [7, 11) is 0. The maximum atomic E-state index is 11.5. The van der Waals surface area contributed by atoms with Gasteiger partial charge >= 0.3 is 5.97 Å². The Balaban J connectivity index is 4.67. The average molecular weight is 455 g/mol.